The fourth-order valence-electron chi connectivity index (χ4n) is 4.74. The second-order valence-corrected chi connectivity index (χ2v) is 10.4. The zero-order chi connectivity index (χ0) is 25.4. The molecule has 186 valence electrons. The number of hydrogen-bond donors (Lipinski definition) is 2. The molecule has 1 aliphatic rings. The number of piperidine rings is 1. The van der Waals surface area contributed by atoms with E-state index >= 15 is 0 Å². The van der Waals surface area contributed by atoms with Crippen molar-refractivity contribution < 1.29 is 24.1 Å². The highest BCUT2D eigenvalue weighted by atomic mass is 35.5. The number of rotatable bonds is 8. The first-order valence-corrected chi connectivity index (χ1v) is 12.1. The molecule has 0 aliphatic carbocycles. The van der Waals surface area contributed by atoms with Gasteiger partial charge in [-0.3, -0.25) is 19.8 Å². The number of aromatic carboxylic acids is 1. The molecule has 3 N–H and O–H groups in total. The minimum atomic E-state index is -1.30. The fraction of sp³-hybridized carbons (Fsp3) is 0.409. The third-order valence-electron chi connectivity index (χ3n) is 6.25. The fourth-order valence-corrected chi connectivity index (χ4v) is 5.73. The maximum Gasteiger partial charge on any atom is 0.353 e. The van der Waals surface area contributed by atoms with Crippen LogP contribution in [-0.2, 0) is 11.3 Å². The Labute approximate surface area is 209 Å². The Bertz CT molecular complexity index is 1280. The largest absolute Gasteiger partial charge is 0.477 e. The SMILES string of the molecule is CC(C)N1CCC(c2c([N+](=O)[O-])cn(Cc3cc(-c4ccc(Cl)s4)on3)c2C(=O)O)CC1C(N)=O. The number of halogens is 1. The summed E-state index contributed by atoms with van der Waals surface area (Å²) in [6.07, 6.45) is 1.87. The van der Waals surface area contributed by atoms with Gasteiger partial charge < -0.3 is 19.9 Å². The monoisotopic (exact) mass is 521 g/mol. The van der Waals surface area contributed by atoms with E-state index in [1.54, 1.807) is 18.2 Å². The van der Waals surface area contributed by atoms with Gasteiger partial charge >= 0.3 is 5.97 Å². The van der Waals surface area contributed by atoms with Crippen LogP contribution in [0.4, 0.5) is 5.69 Å². The zero-order valence-electron chi connectivity index (χ0n) is 19.0. The highest BCUT2D eigenvalue weighted by molar-refractivity contribution is 7.19. The number of thiophene rings is 1. The van der Waals surface area contributed by atoms with Crippen molar-refractivity contribution in [3.8, 4) is 10.6 Å². The Balaban J connectivity index is 1.71. The van der Waals surface area contributed by atoms with Crippen LogP contribution in [0.25, 0.3) is 10.6 Å². The van der Waals surface area contributed by atoms with Gasteiger partial charge in [-0.25, -0.2) is 4.79 Å². The smallest absolute Gasteiger partial charge is 0.353 e. The lowest BCUT2D eigenvalue weighted by molar-refractivity contribution is -0.385. The van der Waals surface area contributed by atoms with E-state index in [0.29, 0.717) is 28.8 Å². The number of hydrogen-bond acceptors (Lipinski definition) is 8. The van der Waals surface area contributed by atoms with Gasteiger partial charge in [0.1, 0.15) is 11.4 Å². The molecular formula is C22H24ClN5O6S. The summed E-state index contributed by atoms with van der Waals surface area (Å²) in [4.78, 5) is 38.5. The first-order valence-electron chi connectivity index (χ1n) is 10.9. The van der Waals surface area contributed by atoms with E-state index in [9.17, 15) is 24.8 Å². The molecule has 2 unspecified atom stereocenters. The summed E-state index contributed by atoms with van der Waals surface area (Å²) in [7, 11) is 0. The predicted molar refractivity (Wildman–Crippen MR) is 129 cm³/mol. The van der Waals surface area contributed by atoms with Crippen LogP contribution in [0, 0.1) is 10.1 Å². The molecule has 1 amide bonds. The number of nitro groups is 1. The molecule has 11 nitrogen and oxygen atoms in total. The Morgan fingerprint density at radius 3 is 2.74 bits per heavy atom. The number of carboxylic acid groups (broad SMARTS) is 1. The average molecular weight is 522 g/mol. The zero-order valence-corrected chi connectivity index (χ0v) is 20.6. The molecule has 1 fully saturated rings. The summed E-state index contributed by atoms with van der Waals surface area (Å²) in [5, 5.41) is 26.0. The van der Waals surface area contributed by atoms with Crippen LogP contribution in [0.2, 0.25) is 4.34 Å². The van der Waals surface area contributed by atoms with E-state index in [-0.39, 0.29) is 36.0 Å². The van der Waals surface area contributed by atoms with Gasteiger partial charge in [-0.2, -0.15) is 0 Å². The molecule has 0 radical (unpaired) electrons. The van der Waals surface area contributed by atoms with Crippen LogP contribution >= 0.6 is 22.9 Å². The van der Waals surface area contributed by atoms with E-state index in [1.807, 2.05) is 18.7 Å². The number of carboxylic acids is 1. The van der Waals surface area contributed by atoms with Gasteiger partial charge in [0.15, 0.2) is 5.76 Å². The maximum absolute atomic E-state index is 12.3. The summed E-state index contributed by atoms with van der Waals surface area (Å²) < 4.78 is 7.24. The van der Waals surface area contributed by atoms with Crippen molar-refractivity contribution in [1.29, 1.82) is 0 Å². The van der Waals surface area contributed by atoms with E-state index in [4.69, 9.17) is 21.9 Å². The number of likely N-dealkylation sites (tertiary alicyclic amines) is 1. The van der Waals surface area contributed by atoms with Crippen molar-refractivity contribution in [1.82, 2.24) is 14.6 Å². The van der Waals surface area contributed by atoms with Crippen molar-refractivity contribution in [2.75, 3.05) is 6.54 Å². The number of aromatic nitrogens is 2. The molecule has 4 rings (SSSR count). The Kier molecular flexibility index (Phi) is 6.97. The van der Waals surface area contributed by atoms with Crippen LogP contribution in [0.15, 0.2) is 28.9 Å². The molecule has 35 heavy (non-hydrogen) atoms. The van der Waals surface area contributed by atoms with Gasteiger partial charge in [0, 0.05) is 12.1 Å². The predicted octanol–water partition coefficient (Wildman–Crippen LogP) is 3.95. The van der Waals surface area contributed by atoms with E-state index in [0.717, 1.165) is 4.88 Å². The quantitative estimate of drug-likeness (QED) is 0.333. The normalized spacial score (nSPS) is 18.7. The summed E-state index contributed by atoms with van der Waals surface area (Å²) >= 11 is 7.28. The van der Waals surface area contributed by atoms with Crippen LogP contribution in [-0.4, -0.2) is 55.2 Å². The van der Waals surface area contributed by atoms with E-state index in [2.05, 4.69) is 5.16 Å². The van der Waals surface area contributed by atoms with Gasteiger partial charge in [0.05, 0.1) is 38.5 Å². The lowest BCUT2D eigenvalue weighted by Crippen LogP contribution is -2.52. The summed E-state index contributed by atoms with van der Waals surface area (Å²) in [6.45, 7) is 4.30. The van der Waals surface area contributed by atoms with Crippen molar-refractivity contribution in [3.63, 3.8) is 0 Å². The van der Waals surface area contributed by atoms with Crippen molar-refractivity contribution >= 4 is 40.5 Å². The number of nitrogens with two attached hydrogens (primary N) is 1. The molecular weight excluding hydrogens is 498 g/mol. The van der Waals surface area contributed by atoms with Gasteiger partial charge in [0.25, 0.3) is 5.69 Å². The van der Waals surface area contributed by atoms with Gasteiger partial charge in [-0.1, -0.05) is 16.8 Å². The third kappa shape index (κ3) is 4.95. The Morgan fingerprint density at radius 2 is 2.17 bits per heavy atom. The van der Waals surface area contributed by atoms with Gasteiger partial charge in [0.2, 0.25) is 5.91 Å². The average Bonchev–Trinajstić information content (AvgIpc) is 3.51. The van der Waals surface area contributed by atoms with Crippen molar-refractivity contribution in [3.05, 3.63) is 55.8 Å². The first kappa shape index (κ1) is 24.9. The lowest BCUT2D eigenvalue weighted by Gasteiger charge is -2.40. The van der Waals surface area contributed by atoms with Crippen LogP contribution in [0.5, 0.6) is 0 Å². The Morgan fingerprint density at radius 1 is 1.43 bits per heavy atom. The van der Waals surface area contributed by atoms with Crippen molar-refractivity contribution in [2.24, 2.45) is 5.73 Å². The van der Waals surface area contributed by atoms with E-state index < -0.39 is 28.8 Å². The molecule has 1 aliphatic heterocycles. The highest BCUT2D eigenvalue weighted by Crippen LogP contribution is 2.41. The summed E-state index contributed by atoms with van der Waals surface area (Å²) in [6, 6.07) is 4.54. The second kappa shape index (κ2) is 9.80. The van der Waals surface area contributed by atoms with Crippen molar-refractivity contribution in [2.45, 2.75) is 51.2 Å². The topological polar surface area (TPSA) is 158 Å². The number of nitrogens with zero attached hydrogens (tertiary/aromatic N) is 4. The minimum absolute atomic E-state index is 0.0465. The molecule has 0 bridgehead atoms. The molecule has 0 aromatic carbocycles. The highest BCUT2D eigenvalue weighted by Gasteiger charge is 2.40. The molecule has 3 aromatic rings. The van der Waals surface area contributed by atoms with Crippen LogP contribution in [0.3, 0.4) is 0 Å². The molecule has 0 spiro atoms. The molecule has 2 atom stereocenters. The number of amides is 1. The number of primary amides is 1. The summed E-state index contributed by atoms with van der Waals surface area (Å²) in [5.41, 5.74) is 5.62. The Hall–Kier alpha value is -3.22. The molecule has 4 heterocycles. The second-order valence-electron chi connectivity index (χ2n) is 8.72. The molecule has 0 saturated carbocycles. The lowest BCUT2D eigenvalue weighted by atomic mass is 9.83. The standard InChI is InChI=1S/C22H24ClN5O6S/c1-11(2)27-6-5-12(7-14(27)21(24)29)19-15(28(32)33)10-26(20(19)22(30)31)9-13-8-16(34-25-13)17-3-4-18(23)35-17/h3-4,8,10-12,14H,5-7,9H2,1-2H3,(H2,24,29)(H,30,31). The van der Waals surface area contributed by atoms with Gasteiger partial charge in [-0.15, -0.1) is 11.3 Å². The minimum Gasteiger partial charge on any atom is -0.477 e. The third-order valence-corrected chi connectivity index (χ3v) is 7.49. The number of carbonyl (C=O) groups excluding carboxylic acids is 1. The van der Waals surface area contributed by atoms with Crippen LogP contribution < -0.4 is 5.73 Å². The maximum atomic E-state index is 12.3. The molecule has 1 saturated heterocycles. The molecule has 13 heteroatoms. The van der Waals surface area contributed by atoms with Gasteiger partial charge in [-0.05, 0) is 51.3 Å². The first-order chi connectivity index (χ1) is 16.6. The van der Waals surface area contributed by atoms with E-state index in [1.165, 1.54) is 22.1 Å². The molecule has 3 aromatic heterocycles. The summed E-state index contributed by atoms with van der Waals surface area (Å²) in [5.74, 6) is -1.90. The van der Waals surface area contributed by atoms with Crippen LogP contribution in [0.1, 0.15) is 54.4 Å². The number of carbonyl (C=O) groups is 2.